The number of hydrogen-bond acceptors (Lipinski definition) is 5. The smallest absolute Gasteiger partial charge is 0.270 e. The summed E-state index contributed by atoms with van der Waals surface area (Å²) in [5.74, 6) is 0.208. The summed E-state index contributed by atoms with van der Waals surface area (Å²) in [5.41, 5.74) is 0.228. The van der Waals surface area contributed by atoms with E-state index in [1.165, 1.54) is 22.9 Å². The molecule has 1 amide bonds. The molecule has 1 heterocycles. The third-order valence-corrected chi connectivity index (χ3v) is 7.55. The Labute approximate surface area is 159 Å². The molecule has 3 rings (SSSR count). The average molecular weight is 395 g/mol. The Morgan fingerprint density at radius 2 is 1.74 bits per heavy atom. The molecular weight excluding hydrogens is 370 g/mol. The minimum Gasteiger partial charge on any atom is -0.340 e. The van der Waals surface area contributed by atoms with Crippen LogP contribution in [0, 0.1) is 23.0 Å². The first-order chi connectivity index (χ1) is 12.8. The molecule has 0 N–H and O–H groups in total. The van der Waals surface area contributed by atoms with E-state index in [4.69, 9.17) is 0 Å². The molecule has 0 aromatic heterocycles. The number of nitro groups is 1. The number of piperazine rings is 1. The first-order valence-electron chi connectivity index (χ1n) is 9.34. The maximum Gasteiger partial charge on any atom is 0.270 e. The molecule has 0 bridgehead atoms. The average Bonchev–Trinajstić information content (AvgIpc) is 2.68. The molecule has 8 nitrogen and oxygen atoms in total. The van der Waals surface area contributed by atoms with Crippen LogP contribution in [-0.2, 0) is 14.8 Å². The van der Waals surface area contributed by atoms with Crippen molar-refractivity contribution in [2.24, 2.45) is 5.92 Å². The minimum absolute atomic E-state index is 0.0382. The second-order valence-corrected chi connectivity index (χ2v) is 9.18. The highest BCUT2D eigenvalue weighted by Gasteiger charge is 2.34. The number of hydrogen-bond donors (Lipinski definition) is 0. The van der Waals surface area contributed by atoms with Crippen LogP contribution in [-0.4, -0.2) is 54.6 Å². The predicted molar refractivity (Wildman–Crippen MR) is 99.7 cm³/mol. The number of nitro benzene ring substituents is 1. The van der Waals surface area contributed by atoms with E-state index >= 15 is 0 Å². The molecule has 9 heteroatoms. The van der Waals surface area contributed by atoms with Crippen LogP contribution in [0.1, 0.15) is 37.7 Å². The van der Waals surface area contributed by atoms with Gasteiger partial charge in [-0.1, -0.05) is 25.3 Å². The Balaban J connectivity index is 1.70. The van der Waals surface area contributed by atoms with Crippen molar-refractivity contribution in [2.75, 3.05) is 26.2 Å². The highest BCUT2D eigenvalue weighted by molar-refractivity contribution is 7.89. The quantitative estimate of drug-likeness (QED) is 0.575. The van der Waals surface area contributed by atoms with Crippen LogP contribution >= 0.6 is 0 Å². The van der Waals surface area contributed by atoms with Crippen molar-refractivity contribution in [1.82, 2.24) is 9.21 Å². The highest BCUT2D eigenvalue weighted by Crippen LogP contribution is 2.28. The molecule has 2 aliphatic rings. The third kappa shape index (κ3) is 4.14. The van der Waals surface area contributed by atoms with Crippen LogP contribution in [0.3, 0.4) is 0 Å². The van der Waals surface area contributed by atoms with Crippen LogP contribution < -0.4 is 0 Å². The van der Waals surface area contributed by atoms with Crippen molar-refractivity contribution in [3.63, 3.8) is 0 Å². The number of nitrogens with zero attached hydrogens (tertiary/aromatic N) is 3. The fourth-order valence-corrected chi connectivity index (χ4v) is 5.54. The normalized spacial score (nSPS) is 19.8. The summed E-state index contributed by atoms with van der Waals surface area (Å²) in [7, 11) is -3.83. The van der Waals surface area contributed by atoms with Crippen molar-refractivity contribution in [3.05, 3.63) is 33.9 Å². The zero-order chi connectivity index (χ0) is 19.6. The van der Waals surface area contributed by atoms with Crippen LogP contribution in [0.2, 0.25) is 0 Å². The number of benzene rings is 1. The standard InChI is InChI=1S/C18H25N3O5S/c1-14-7-8-16(21(23)24)13-17(14)27(25,26)20-11-9-19(10-12-20)18(22)15-5-3-2-4-6-15/h7-8,13,15H,2-6,9-12H2,1H3. The molecule has 1 aliphatic heterocycles. The van der Waals surface area contributed by atoms with E-state index in [0.29, 0.717) is 18.7 Å². The zero-order valence-corrected chi connectivity index (χ0v) is 16.3. The van der Waals surface area contributed by atoms with Crippen molar-refractivity contribution < 1.29 is 18.1 Å². The molecule has 27 heavy (non-hydrogen) atoms. The van der Waals surface area contributed by atoms with E-state index in [2.05, 4.69) is 0 Å². The van der Waals surface area contributed by atoms with Crippen LogP contribution in [0.4, 0.5) is 5.69 Å². The fraction of sp³-hybridized carbons (Fsp3) is 0.611. The van der Waals surface area contributed by atoms with Gasteiger partial charge in [-0.05, 0) is 25.3 Å². The number of sulfonamides is 1. The zero-order valence-electron chi connectivity index (χ0n) is 15.5. The lowest BCUT2D eigenvalue weighted by Crippen LogP contribution is -2.52. The summed E-state index contributed by atoms with van der Waals surface area (Å²) in [5, 5.41) is 11.0. The number of non-ortho nitro benzene ring substituents is 1. The van der Waals surface area contributed by atoms with Crippen molar-refractivity contribution in [1.29, 1.82) is 0 Å². The van der Waals surface area contributed by atoms with E-state index in [1.54, 1.807) is 11.8 Å². The van der Waals surface area contributed by atoms with Gasteiger partial charge in [-0.3, -0.25) is 14.9 Å². The first-order valence-corrected chi connectivity index (χ1v) is 10.8. The van der Waals surface area contributed by atoms with E-state index in [1.807, 2.05) is 0 Å². The summed E-state index contributed by atoms with van der Waals surface area (Å²) < 4.78 is 27.2. The van der Waals surface area contributed by atoms with Gasteiger partial charge in [0.2, 0.25) is 15.9 Å². The molecule has 1 saturated heterocycles. The SMILES string of the molecule is Cc1ccc([N+](=O)[O-])cc1S(=O)(=O)N1CCN(C(=O)C2CCCCC2)CC1. The van der Waals surface area contributed by atoms with Crippen molar-refractivity contribution >= 4 is 21.6 Å². The summed E-state index contributed by atoms with van der Waals surface area (Å²) in [6, 6.07) is 3.87. The van der Waals surface area contributed by atoms with E-state index in [9.17, 15) is 23.3 Å². The third-order valence-electron chi connectivity index (χ3n) is 5.51. The summed E-state index contributed by atoms with van der Waals surface area (Å²) in [4.78, 5) is 24.8. The van der Waals surface area contributed by atoms with E-state index in [-0.39, 0.29) is 35.5 Å². The van der Waals surface area contributed by atoms with Crippen LogP contribution in [0.15, 0.2) is 23.1 Å². The Bertz CT molecular complexity index is 825. The topological polar surface area (TPSA) is 101 Å². The van der Waals surface area contributed by atoms with Crippen molar-refractivity contribution in [2.45, 2.75) is 43.9 Å². The lowest BCUT2D eigenvalue weighted by atomic mass is 9.88. The molecule has 1 saturated carbocycles. The Morgan fingerprint density at radius 3 is 2.33 bits per heavy atom. The van der Waals surface area contributed by atoms with Gasteiger partial charge in [0, 0.05) is 44.2 Å². The molecule has 1 aliphatic carbocycles. The molecule has 0 radical (unpaired) electrons. The monoisotopic (exact) mass is 395 g/mol. The molecule has 2 fully saturated rings. The molecule has 1 aromatic rings. The van der Waals surface area contributed by atoms with E-state index < -0.39 is 14.9 Å². The second kappa shape index (κ2) is 7.93. The largest absolute Gasteiger partial charge is 0.340 e. The van der Waals surface area contributed by atoms with Crippen molar-refractivity contribution in [3.8, 4) is 0 Å². The molecule has 0 spiro atoms. The Morgan fingerprint density at radius 1 is 1.11 bits per heavy atom. The minimum atomic E-state index is -3.83. The van der Waals surface area contributed by atoms with Gasteiger partial charge in [-0.2, -0.15) is 4.31 Å². The van der Waals surface area contributed by atoms with Gasteiger partial charge in [0.05, 0.1) is 9.82 Å². The second-order valence-electron chi connectivity index (χ2n) is 7.27. The predicted octanol–water partition coefficient (Wildman–Crippen LogP) is 2.32. The molecule has 1 aromatic carbocycles. The summed E-state index contributed by atoms with van der Waals surface area (Å²) >= 11 is 0. The van der Waals surface area contributed by atoms with Gasteiger partial charge < -0.3 is 4.90 Å². The Kier molecular flexibility index (Phi) is 5.81. The number of carbonyl (C=O) groups excluding carboxylic acids is 1. The van der Waals surface area contributed by atoms with Gasteiger partial charge >= 0.3 is 0 Å². The summed E-state index contributed by atoms with van der Waals surface area (Å²) in [6.07, 6.45) is 5.18. The molecular formula is C18H25N3O5S. The number of rotatable bonds is 4. The first kappa shape index (κ1) is 19.8. The lowest BCUT2D eigenvalue weighted by molar-refractivity contribution is -0.385. The fourth-order valence-electron chi connectivity index (χ4n) is 3.88. The van der Waals surface area contributed by atoms with E-state index in [0.717, 1.165) is 31.7 Å². The van der Waals surface area contributed by atoms with Gasteiger partial charge in [0.1, 0.15) is 0 Å². The highest BCUT2D eigenvalue weighted by atomic mass is 32.2. The van der Waals surface area contributed by atoms with Gasteiger partial charge in [-0.25, -0.2) is 8.42 Å². The lowest BCUT2D eigenvalue weighted by Gasteiger charge is -2.36. The number of amides is 1. The molecule has 148 valence electrons. The Hall–Kier alpha value is -2.00. The molecule has 0 unspecified atom stereocenters. The van der Waals surface area contributed by atoms with Crippen LogP contribution in [0.5, 0.6) is 0 Å². The maximum absolute atomic E-state index is 13.0. The number of aryl methyl sites for hydroxylation is 1. The summed E-state index contributed by atoms with van der Waals surface area (Å²) in [6.45, 7) is 2.77. The van der Waals surface area contributed by atoms with Crippen LogP contribution in [0.25, 0.3) is 0 Å². The maximum atomic E-state index is 13.0. The van der Waals surface area contributed by atoms with Gasteiger partial charge in [0.25, 0.3) is 5.69 Å². The van der Waals surface area contributed by atoms with Gasteiger partial charge in [-0.15, -0.1) is 0 Å². The van der Waals surface area contributed by atoms with Gasteiger partial charge in [0.15, 0.2) is 0 Å². The molecule has 0 atom stereocenters. The number of carbonyl (C=O) groups is 1.